The highest BCUT2D eigenvalue weighted by Gasteiger charge is 2.23. The van der Waals surface area contributed by atoms with E-state index in [0.717, 1.165) is 5.56 Å². The van der Waals surface area contributed by atoms with Crippen LogP contribution in [0.5, 0.6) is 5.75 Å². The van der Waals surface area contributed by atoms with Gasteiger partial charge in [0, 0.05) is 0 Å². The first-order valence-corrected chi connectivity index (χ1v) is 9.29. The number of amides is 1. The molecule has 0 saturated carbocycles. The van der Waals surface area contributed by atoms with Crippen molar-refractivity contribution in [2.75, 3.05) is 12.4 Å². The lowest BCUT2D eigenvalue weighted by Crippen LogP contribution is -2.24. The molecule has 2 aromatic heterocycles. The molecule has 3 N–H and O–H groups in total. The summed E-state index contributed by atoms with van der Waals surface area (Å²) in [4.78, 5) is 40.0. The summed E-state index contributed by atoms with van der Waals surface area (Å²) in [6.07, 6.45) is 1.36. The normalized spacial score (nSPS) is 10.8. The van der Waals surface area contributed by atoms with Crippen molar-refractivity contribution in [3.8, 4) is 11.4 Å². The Hall–Kier alpha value is -4.40. The van der Waals surface area contributed by atoms with E-state index in [1.165, 1.54) is 30.1 Å². The summed E-state index contributed by atoms with van der Waals surface area (Å²) in [5.41, 5.74) is 0.904. The average Bonchev–Trinajstić information content (AvgIpc) is 3.17. The number of fused-ring (bicyclic) bond motifs is 1. The molecule has 0 aliphatic heterocycles. The Balaban J connectivity index is 1.77. The van der Waals surface area contributed by atoms with Crippen LogP contribution in [-0.4, -0.2) is 38.9 Å². The number of hydrogen-bond acceptors (Lipinski definition) is 6. The first-order chi connectivity index (χ1) is 14.9. The molecule has 2 aromatic carbocycles. The van der Waals surface area contributed by atoms with Gasteiger partial charge in [-0.15, -0.1) is 0 Å². The van der Waals surface area contributed by atoms with Crippen LogP contribution in [0.15, 0.2) is 59.5 Å². The van der Waals surface area contributed by atoms with Gasteiger partial charge in [0.05, 0.1) is 35.6 Å². The fourth-order valence-corrected chi connectivity index (χ4v) is 3.29. The van der Waals surface area contributed by atoms with Crippen molar-refractivity contribution < 1.29 is 19.4 Å². The van der Waals surface area contributed by atoms with Crippen LogP contribution in [0.4, 0.5) is 5.69 Å². The van der Waals surface area contributed by atoms with E-state index in [2.05, 4.69) is 15.4 Å². The standard InChI is InChI=1S/C22H18N4O5/c1-12-6-5-7-13(10-12)26-19-15(11-23-26)18(27)17(21(29)25-19)20(28)24-16-9-4-3-8-14(16)22(30)31-2/h3-11H,1-2H3,(H,24,28)(H2,25,27,29). The highest BCUT2D eigenvalue weighted by molar-refractivity contribution is 6.11. The number of aromatic hydroxyl groups is 1. The second-order valence-electron chi connectivity index (χ2n) is 6.83. The van der Waals surface area contributed by atoms with Crippen LogP contribution < -0.4 is 10.9 Å². The summed E-state index contributed by atoms with van der Waals surface area (Å²) < 4.78 is 6.17. The number of rotatable bonds is 4. The van der Waals surface area contributed by atoms with Crippen LogP contribution in [0.25, 0.3) is 16.7 Å². The van der Waals surface area contributed by atoms with E-state index < -0.39 is 28.7 Å². The molecule has 2 heterocycles. The zero-order valence-electron chi connectivity index (χ0n) is 16.7. The van der Waals surface area contributed by atoms with Crippen molar-refractivity contribution in [2.45, 2.75) is 6.92 Å². The molecule has 31 heavy (non-hydrogen) atoms. The van der Waals surface area contributed by atoms with Gasteiger partial charge in [-0.05, 0) is 36.8 Å². The van der Waals surface area contributed by atoms with Gasteiger partial charge in [0.1, 0.15) is 17.0 Å². The number of esters is 1. The fourth-order valence-electron chi connectivity index (χ4n) is 3.29. The van der Waals surface area contributed by atoms with E-state index in [0.29, 0.717) is 5.69 Å². The molecule has 0 saturated heterocycles. The number of pyridine rings is 1. The van der Waals surface area contributed by atoms with E-state index in [4.69, 9.17) is 4.74 Å². The number of nitrogens with one attached hydrogen (secondary N) is 2. The summed E-state index contributed by atoms with van der Waals surface area (Å²) in [5.74, 6) is -2.03. The van der Waals surface area contributed by atoms with Gasteiger partial charge < -0.3 is 20.1 Å². The number of para-hydroxylation sites is 1. The van der Waals surface area contributed by atoms with Crippen LogP contribution in [0.3, 0.4) is 0 Å². The van der Waals surface area contributed by atoms with Gasteiger partial charge in [-0.2, -0.15) is 5.10 Å². The molecule has 0 aliphatic carbocycles. The Bertz CT molecular complexity index is 1390. The lowest BCUT2D eigenvalue weighted by Gasteiger charge is -2.10. The van der Waals surface area contributed by atoms with Crippen LogP contribution in [0.1, 0.15) is 26.3 Å². The minimum absolute atomic E-state index is 0.114. The summed E-state index contributed by atoms with van der Waals surface area (Å²) in [7, 11) is 1.22. The molecule has 4 rings (SSSR count). The van der Waals surface area contributed by atoms with E-state index >= 15 is 0 Å². The van der Waals surface area contributed by atoms with Gasteiger partial charge >= 0.3 is 5.97 Å². The van der Waals surface area contributed by atoms with Crippen molar-refractivity contribution in [2.24, 2.45) is 0 Å². The number of carbonyl (C=O) groups is 2. The number of benzene rings is 2. The zero-order valence-corrected chi connectivity index (χ0v) is 16.7. The van der Waals surface area contributed by atoms with Gasteiger partial charge in [0.15, 0.2) is 0 Å². The van der Waals surface area contributed by atoms with Gasteiger partial charge in [-0.3, -0.25) is 9.59 Å². The fraction of sp³-hybridized carbons (Fsp3) is 0.0909. The average molecular weight is 418 g/mol. The lowest BCUT2D eigenvalue weighted by atomic mass is 10.1. The highest BCUT2D eigenvalue weighted by Crippen LogP contribution is 2.27. The van der Waals surface area contributed by atoms with Crippen LogP contribution in [0.2, 0.25) is 0 Å². The maximum Gasteiger partial charge on any atom is 0.339 e. The molecular weight excluding hydrogens is 400 g/mol. The highest BCUT2D eigenvalue weighted by atomic mass is 16.5. The van der Waals surface area contributed by atoms with Gasteiger partial charge in [0.25, 0.3) is 11.5 Å². The number of aryl methyl sites for hydroxylation is 1. The molecule has 9 nitrogen and oxygen atoms in total. The molecular formula is C22H18N4O5. The first-order valence-electron chi connectivity index (χ1n) is 9.29. The van der Waals surface area contributed by atoms with Crippen molar-refractivity contribution in [1.82, 2.24) is 14.8 Å². The third-order valence-electron chi connectivity index (χ3n) is 4.77. The number of anilines is 1. The third kappa shape index (κ3) is 3.52. The number of nitrogens with zero attached hydrogens (tertiary/aromatic N) is 2. The summed E-state index contributed by atoms with van der Waals surface area (Å²) >= 11 is 0. The van der Waals surface area contributed by atoms with E-state index in [1.807, 2.05) is 25.1 Å². The number of ether oxygens (including phenoxy) is 1. The topological polar surface area (TPSA) is 126 Å². The molecule has 0 atom stereocenters. The number of hydrogen-bond donors (Lipinski definition) is 3. The molecule has 9 heteroatoms. The smallest absolute Gasteiger partial charge is 0.339 e. The van der Waals surface area contributed by atoms with Crippen LogP contribution in [0, 0.1) is 6.92 Å². The Labute approximate surface area is 175 Å². The maximum absolute atomic E-state index is 12.8. The number of methoxy groups -OCH3 is 1. The Morgan fingerprint density at radius 1 is 1.16 bits per heavy atom. The molecule has 0 bridgehead atoms. The molecule has 0 fully saturated rings. The van der Waals surface area contributed by atoms with Gasteiger partial charge in [-0.1, -0.05) is 24.3 Å². The predicted molar refractivity (Wildman–Crippen MR) is 114 cm³/mol. The SMILES string of the molecule is COC(=O)c1ccccc1NC(=O)c1c(O)c2cnn(-c3cccc(C)c3)c2[nH]c1=O. The Kier molecular flexibility index (Phi) is 5.00. The van der Waals surface area contributed by atoms with Crippen LogP contribution >= 0.6 is 0 Å². The number of aromatic nitrogens is 3. The molecule has 0 aliphatic rings. The van der Waals surface area contributed by atoms with E-state index in [-0.39, 0.29) is 22.3 Å². The van der Waals surface area contributed by atoms with E-state index in [1.54, 1.807) is 18.2 Å². The second kappa shape index (κ2) is 7.79. The van der Waals surface area contributed by atoms with Gasteiger partial charge in [-0.25, -0.2) is 9.48 Å². The minimum atomic E-state index is -0.875. The number of H-pyrrole nitrogens is 1. The molecule has 156 valence electrons. The predicted octanol–water partition coefficient (Wildman–Crippen LogP) is 2.77. The summed E-state index contributed by atoms with van der Waals surface area (Å²) in [6.45, 7) is 1.92. The second-order valence-corrected chi connectivity index (χ2v) is 6.83. The molecule has 0 spiro atoms. The monoisotopic (exact) mass is 418 g/mol. The Morgan fingerprint density at radius 3 is 2.68 bits per heavy atom. The van der Waals surface area contributed by atoms with Gasteiger partial charge in [0.2, 0.25) is 0 Å². The summed E-state index contributed by atoms with van der Waals surface area (Å²) in [5, 5.41) is 17.6. The molecule has 0 radical (unpaired) electrons. The Morgan fingerprint density at radius 2 is 1.94 bits per heavy atom. The lowest BCUT2D eigenvalue weighted by molar-refractivity contribution is 0.0602. The summed E-state index contributed by atoms with van der Waals surface area (Å²) in [6, 6.07) is 13.6. The first kappa shape index (κ1) is 19.9. The van der Waals surface area contributed by atoms with E-state index in [9.17, 15) is 19.5 Å². The van der Waals surface area contributed by atoms with Crippen molar-refractivity contribution >= 4 is 28.6 Å². The van der Waals surface area contributed by atoms with Crippen LogP contribution in [-0.2, 0) is 4.74 Å². The van der Waals surface area contributed by atoms with Crippen molar-refractivity contribution in [1.29, 1.82) is 0 Å². The maximum atomic E-state index is 12.8. The molecule has 1 amide bonds. The minimum Gasteiger partial charge on any atom is -0.506 e. The molecule has 0 unspecified atom stereocenters. The molecule has 4 aromatic rings. The number of aromatic amines is 1. The third-order valence-corrected chi connectivity index (χ3v) is 4.77. The largest absolute Gasteiger partial charge is 0.506 e. The van der Waals surface area contributed by atoms with Crippen molar-refractivity contribution in [3.05, 3.63) is 81.8 Å². The zero-order chi connectivity index (χ0) is 22.1. The number of carbonyl (C=O) groups excluding carboxylic acids is 2. The quantitative estimate of drug-likeness (QED) is 0.438. The van der Waals surface area contributed by atoms with Crippen molar-refractivity contribution in [3.63, 3.8) is 0 Å².